The lowest BCUT2D eigenvalue weighted by molar-refractivity contribution is 0.663. The SMILES string of the molecule is Cc1ccc(C)c(-n2nc(C3CCCC3)c3c2NCCCC3)c1. The van der Waals surface area contributed by atoms with E-state index in [2.05, 4.69) is 42.0 Å². The lowest BCUT2D eigenvalue weighted by Crippen LogP contribution is -2.08. The Kier molecular flexibility index (Phi) is 3.88. The van der Waals surface area contributed by atoms with Crippen molar-refractivity contribution in [2.24, 2.45) is 0 Å². The Morgan fingerprint density at radius 2 is 1.91 bits per heavy atom. The Balaban J connectivity index is 1.87. The van der Waals surface area contributed by atoms with Gasteiger partial charge in [0.2, 0.25) is 0 Å². The van der Waals surface area contributed by atoms with E-state index < -0.39 is 0 Å². The summed E-state index contributed by atoms with van der Waals surface area (Å²) >= 11 is 0. The Hall–Kier alpha value is -1.77. The third-order valence-electron chi connectivity index (χ3n) is 5.50. The zero-order valence-electron chi connectivity index (χ0n) is 14.4. The molecule has 1 aromatic heterocycles. The maximum atomic E-state index is 5.14. The number of nitrogens with zero attached hydrogens (tertiary/aromatic N) is 2. The van der Waals surface area contributed by atoms with Gasteiger partial charge < -0.3 is 5.32 Å². The average Bonchev–Trinajstić information content (AvgIpc) is 3.12. The summed E-state index contributed by atoms with van der Waals surface area (Å²) in [6.07, 6.45) is 9.07. The van der Waals surface area contributed by atoms with Gasteiger partial charge in [0.15, 0.2) is 0 Å². The Labute approximate surface area is 139 Å². The first-order chi connectivity index (χ1) is 11.2. The van der Waals surface area contributed by atoms with E-state index in [1.807, 2.05) is 0 Å². The molecular formula is C20H27N3. The number of hydrogen-bond donors (Lipinski definition) is 1. The van der Waals surface area contributed by atoms with Crippen LogP contribution in [0.1, 0.15) is 66.8 Å². The van der Waals surface area contributed by atoms with Gasteiger partial charge in [-0.3, -0.25) is 0 Å². The molecule has 0 amide bonds. The van der Waals surface area contributed by atoms with Gasteiger partial charge in [-0.25, -0.2) is 4.68 Å². The van der Waals surface area contributed by atoms with E-state index >= 15 is 0 Å². The number of aromatic nitrogens is 2. The molecule has 2 aliphatic rings. The number of rotatable bonds is 2. The minimum absolute atomic E-state index is 0.676. The molecule has 2 aromatic rings. The van der Waals surface area contributed by atoms with Crippen molar-refractivity contribution in [3.8, 4) is 5.69 Å². The van der Waals surface area contributed by atoms with Gasteiger partial charge in [-0.15, -0.1) is 0 Å². The first kappa shape index (κ1) is 14.8. The molecule has 1 aliphatic heterocycles. The molecule has 0 spiro atoms. The predicted molar refractivity (Wildman–Crippen MR) is 95.7 cm³/mol. The minimum Gasteiger partial charge on any atom is -0.370 e. The summed E-state index contributed by atoms with van der Waals surface area (Å²) in [5.74, 6) is 1.94. The maximum absolute atomic E-state index is 5.14. The van der Waals surface area contributed by atoms with Gasteiger partial charge in [-0.1, -0.05) is 25.0 Å². The number of hydrogen-bond acceptors (Lipinski definition) is 2. The van der Waals surface area contributed by atoms with Crippen LogP contribution in [0.15, 0.2) is 18.2 Å². The van der Waals surface area contributed by atoms with Crippen LogP contribution in [0.4, 0.5) is 5.82 Å². The largest absolute Gasteiger partial charge is 0.370 e. The molecule has 122 valence electrons. The van der Waals surface area contributed by atoms with E-state index in [-0.39, 0.29) is 0 Å². The topological polar surface area (TPSA) is 29.9 Å². The zero-order valence-corrected chi connectivity index (χ0v) is 14.4. The van der Waals surface area contributed by atoms with E-state index in [9.17, 15) is 0 Å². The summed E-state index contributed by atoms with van der Waals surface area (Å²) < 4.78 is 2.20. The molecule has 0 bridgehead atoms. The van der Waals surface area contributed by atoms with Crippen molar-refractivity contribution in [1.82, 2.24) is 9.78 Å². The van der Waals surface area contributed by atoms with Crippen molar-refractivity contribution >= 4 is 5.82 Å². The summed E-state index contributed by atoms with van der Waals surface area (Å²) in [6, 6.07) is 6.67. The molecule has 1 aromatic carbocycles. The molecule has 2 heterocycles. The number of nitrogens with one attached hydrogen (secondary N) is 1. The molecule has 1 fully saturated rings. The molecule has 23 heavy (non-hydrogen) atoms. The minimum atomic E-state index is 0.676. The fraction of sp³-hybridized carbons (Fsp3) is 0.550. The number of fused-ring (bicyclic) bond motifs is 1. The van der Waals surface area contributed by atoms with Crippen LogP contribution in [-0.2, 0) is 6.42 Å². The van der Waals surface area contributed by atoms with Crippen LogP contribution < -0.4 is 5.32 Å². The number of benzene rings is 1. The highest BCUT2D eigenvalue weighted by Gasteiger charge is 2.28. The Bertz CT molecular complexity index is 708. The van der Waals surface area contributed by atoms with Crippen LogP contribution >= 0.6 is 0 Å². The van der Waals surface area contributed by atoms with Gasteiger partial charge in [0.1, 0.15) is 5.82 Å². The summed E-state index contributed by atoms with van der Waals surface area (Å²) in [7, 11) is 0. The molecular weight excluding hydrogens is 282 g/mol. The van der Waals surface area contributed by atoms with Crippen molar-refractivity contribution in [3.63, 3.8) is 0 Å². The molecule has 1 N–H and O–H groups in total. The fourth-order valence-electron chi connectivity index (χ4n) is 4.18. The monoisotopic (exact) mass is 309 g/mol. The van der Waals surface area contributed by atoms with Crippen LogP contribution in [0.2, 0.25) is 0 Å². The van der Waals surface area contributed by atoms with Gasteiger partial charge in [0, 0.05) is 18.0 Å². The third kappa shape index (κ3) is 2.66. The predicted octanol–water partition coefficient (Wildman–Crippen LogP) is 4.89. The van der Waals surface area contributed by atoms with E-state index in [0.717, 1.165) is 6.54 Å². The first-order valence-corrected chi connectivity index (χ1v) is 9.17. The Morgan fingerprint density at radius 1 is 1.09 bits per heavy atom. The fourth-order valence-corrected chi connectivity index (χ4v) is 4.18. The van der Waals surface area contributed by atoms with E-state index in [1.54, 1.807) is 0 Å². The van der Waals surface area contributed by atoms with Gasteiger partial charge in [-0.2, -0.15) is 5.10 Å². The molecule has 1 saturated carbocycles. The Morgan fingerprint density at radius 3 is 2.74 bits per heavy atom. The average molecular weight is 309 g/mol. The third-order valence-corrected chi connectivity index (χ3v) is 5.50. The smallest absolute Gasteiger partial charge is 0.133 e. The molecule has 4 rings (SSSR count). The van der Waals surface area contributed by atoms with Crippen molar-refractivity contribution in [2.75, 3.05) is 11.9 Å². The molecule has 3 heteroatoms. The first-order valence-electron chi connectivity index (χ1n) is 9.17. The quantitative estimate of drug-likeness (QED) is 0.855. The van der Waals surface area contributed by atoms with Crippen molar-refractivity contribution < 1.29 is 0 Å². The lowest BCUT2D eigenvalue weighted by atomic mass is 9.97. The standard InChI is InChI=1S/C20H27N3/c1-14-10-11-15(2)18(13-14)23-20-17(9-5-6-12-21-20)19(22-23)16-7-3-4-8-16/h10-11,13,16,21H,3-9,12H2,1-2H3. The number of anilines is 1. The molecule has 0 saturated heterocycles. The van der Waals surface area contributed by atoms with Crippen molar-refractivity contribution in [2.45, 2.75) is 64.7 Å². The van der Waals surface area contributed by atoms with E-state index in [4.69, 9.17) is 5.10 Å². The van der Waals surface area contributed by atoms with Crippen LogP contribution in [0.5, 0.6) is 0 Å². The van der Waals surface area contributed by atoms with E-state index in [1.165, 1.54) is 78.8 Å². The van der Waals surface area contributed by atoms with Gasteiger partial charge in [0.25, 0.3) is 0 Å². The zero-order chi connectivity index (χ0) is 15.8. The summed E-state index contributed by atoms with van der Waals surface area (Å²) in [5, 5.41) is 8.83. The molecule has 0 atom stereocenters. The second-order valence-corrected chi connectivity index (χ2v) is 7.28. The normalized spacial score (nSPS) is 18.5. The highest BCUT2D eigenvalue weighted by molar-refractivity contribution is 5.57. The van der Waals surface area contributed by atoms with E-state index in [0.29, 0.717) is 5.92 Å². The lowest BCUT2D eigenvalue weighted by Gasteiger charge is -2.12. The van der Waals surface area contributed by atoms with Crippen LogP contribution in [0, 0.1) is 13.8 Å². The van der Waals surface area contributed by atoms with Crippen LogP contribution in [0.3, 0.4) is 0 Å². The number of aryl methyl sites for hydroxylation is 2. The molecule has 0 radical (unpaired) electrons. The van der Waals surface area contributed by atoms with Crippen molar-refractivity contribution in [3.05, 3.63) is 40.6 Å². The summed E-state index contributed by atoms with van der Waals surface area (Å²) in [6.45, 7) is 5.42. The molecule has 3 nitrogen and oxygen atoms in total. The second-order valence-electron chi connectivity index (χ2n) is 7.28. The van der Waals surface area contributed by atoms with Gasteiger partial charge in [0.05, 0.1) is 11.4 Å². The second kappa shape index (κ2) is 6.03. The molecule has 1 aliphatic carbocycles. The van der Waals surface area contributed by atoms with Crippen LogP contribution in [-0.4, -0.2) is 16.3 Å². The van der Waals surface area contributed by atoms with Crippen molar-refractivity contribution in [1.29, 1.82) is 0 Å². The highest BCUT2D eigenvalue weighted by Crippen LogP contribution is 2.39. The summed E-state index contributed by atoms with van der Waals surface area (Å²) in [4.78, 5) is 0. The highest BCUT2D eigenvalue weighted by atomic mass is 15.3. The van der Waals surface area contributed by atoms with Crippen LogP contribution in [0.25, 0.3) is 5.69 Å². The maximum Gasteiger partial charge on any atom is 0.133 e. The van der Waals surface area contributed by atoms with Gasteiger partial charge in [-0.05, 0) is 63.1 Å². The van der Waals surface area contributed by atoms with Gasteiger partial charge >= 0.3 is 0 Å². The summed E-state index contributed by atoms with van der Waals surface area (Å²) in [5.41, 5.74) is 6.71. The molecule has 0 unspecified atom stereocenters.